The van der Waals surface area contributed by atoms with Crippen LogP contribution in [0.2, 0.25) is 0 Å². The molecule has 0 spiro atoms. The molecule has 2 bridgehead atoms. The second kappa shape index (κ2) is 6.51. The molecule has 27 heavy (non-hydrogen) atoms. The summed E-state index contributed by atoms with van der Waals surface area (Å²) < 4.78 is 0. The zero-order chi connectivity index (χ0) is 19.3. The molecule has 0 aromatic heterocycles. The second-order valence-electron chi connectivity index (χ2n) is 7.93. The van der Waals surface area contributed by atoms with Crippen LogP contribution in [0.25, 0.3) is 0 Å². The molecule has 1 aliphatic heterocycles. The van der Waals surface area contributed by atoms with Gasteiger partial charge in [0.1, 0.15) is 6.17 Å². The number of para-hydroxylation sites is 1. The minimum absolute atomic E-state index is 0.149. The maximum absolute atomic E-state index is 12.9. The summed E-state index contributed by atoms with van der Waals surface area (Å²) in [5.41, 5.74) is 2.66. The normalized spacial score (nSPS) is 29.7. The number of carbonyl (C=O) groups is 3. The topological polar surface area (TPSA) is 78.5 Å². The number of hydrogen-bond acceptors (Lipinski definition) is 3. The monoisotopic (exact) mass is 367 g/mol. The third-order valence-corrected chi connectivity index (χ3v) is 6.24. The van der Waals surface area contributed by atoms with Crippen molar-refractivity contribution in [1.82, 2.24) is 10.2 Å². The van der Waals surface area contributed by atoms with Gasteiger partial charge in [0.15, 0.2) is 0 Å². The first-order valence-corrected chi connectivity index (χ1v) is 9.57. The highest BCUT2D eigenvalue weighted by molar-refractivity contribution is 6.06. The first-order chi connectivity index (χ1) is 12.9. The van der Waals surface area contributed by atoms with Crippen LogP contribution in [-0.4, -0.2) is 28.9 Å². The maximum Gasteiger partial charge on any atom is 0.320 e. The average molecular weight is 367 g/mol. The van der Waals surface area contributed by atoms with E-state index in [2.05, 4.69) is 22.8 Å². The SMILES string of the molecule is Cc1cccc(C)c1NC(=O)N[C@H](C)N1C(=O)[C@@H]2[C@H](C1=O)[C@H]1C=C[C@H]2CC1. The molecule has 5 rings (SSSR count). The van der Waals surface area contributed by atoms with Gasteiger partial charge in [-0.05, 0) is 56.6 Å². The number of nitrogens with zero attached hydrogens (tertiary/aromatic N) is 1. The van der Waals surface area contributed by atoms with Crippen molar-refractivity contribution in [2.24, 2.45) is 23.7 Å². The Kier molecular flexibility index (Phi) is 4.29. The van der Waals surface area contributed by atoms with E-state index >= 15 is 0 Å². The van der Waals surface area contributed by atoms with Crippen molar-refractivity contribution in [3.8, 4) is 0 Å². The van der Waals surface area contributed by atoms with Crippen molar-refractivity contribution in [2.45, 2.75) is 39.8 Å². The van der Waals surface area contributed by atoms with Crippen LogP contribution >= 0.6 is 0 Å². The number of anilines is 1. The lowest BCUT2D eigenvalue weighted by Crippen LogP contribution is -2.50. The molecule has 3 aliphatic carbocycles. The van der Waals surface area contributed by atoms with Crippen LogP contribution in [0.5, 0.6) is 0 Å². The number of nitrogens with one attached hydrogen (secondary N) is 2. The van der Waals surface area contributed by atoms with Gasteiger partial charge in [0, 0.05) is 5.69 Å². The second-order valence-corrected chi connectivity index (χ2v) is 7.93. The van der Waals surface area contributed by atoms with E-state index in [0.29, 0.717) is 0 Å². The fourth-order valence-corrected chi connectivity index (χ4v) is 4.89. The fourth-order valence-electron chi connectivity index (χ4n) is 4.89. The number of hydrogen-bond donors (Lipinski definition) is 2. The molecule has 2 N–H and O–H groups in total. The van der Waals surface area contributed by atoms with Gasteiger partial charge in [0.05, 0.1) is 11.8 Å². The molecular weight excluding hydrogens is 342 g/mol. The van der Waals surface area contributed by atoms with E-state index in [1.165, 1.54) is 4.90 Å². The summed E-state index contributed by atoms with van der Waals surface area (Å²) in [6, 6.07) is 5.36. The number of likely N-dealkylation sites (tertiary alicyclic amines) is 1. The van der Waals surface area contributed by atoms with Crippen LogP contribution in [0.15, 0.2) is 30.4 Å². The molecule has 1 aromatic rings. The van der Waals surface area contributed by atoms with Crippen LogP contribution in [0.3, 0.4) is 0 Å². The Morgan fingerprint density at radius 3 is 2.04 bits per heavy atom. The van der Waals surface area contributed by atoms with E-state index in [1.807, 2.05) is 32.0 Å². The smallest absolute Gasteiger partial charge is 0.317 e. The molecule has 1 heterocycles. The highest BCUT2D eigenvalue weighted by atomic mass is 16.2. The Balaban J connectivity index is 1.47. The van der Waals surface area contributed by atoms with E-state index in [0.717, 1.165) is 29.7 Å². The summed E-state index contributed by atoms with van der Waals surface area (Å²) in [5.74, 6) is -0.513. The van der Waals surface area contributed by atoms with Gasteiger partial charge >= 0.3 is 6.03 Å². The Hall–Kier alpha value is -2.63. The molecule has 0 radical (unpaired) electrons. The zero-order valence-corrected chi connectivity index (χ0v) is 15.9. The Bertz CT molecular complexity index is 795. The van der Waals surface area contributed by atoms with Gasteiger partial charge < -0.3 is 10.6 Å². The van der Waals surface area contributed by atoms with E-state index in [1.54, 1.807) is 6.92 Å². The average Bonchev–Trinajstić information content (AvgIpc) is 2.92. The Labute approximate surface area is 159 Å². The first kappa shape index (κ1) is 17.8. The van der Waals surface area contributed by atoms with Crippen molar-refractivity contribution in [3.63, 3.8) is 0 Å². The van der Waals surface area contributed by atoms with Crippen LogP contribution in [0.4, 0.5) is 10.5 Å². The van der Waals surface area contributed by atoms with Crippen molar-refractivity contribution in [1.29, 1.82) is 0 Å². The number of imide groups is 1. The molecule has 4 amide bonds. The molecular formula is C21H25N3O3. The molecule has 6 heteroatoms. The van der Waals surface area contributed by atoms with E-state index in [-0.39, 0.29) is 35.5 Å². The number of fused-ring (bicyclic) bond motifs is 1. The quantitative estimate of drug-likeness (QED) is 0.637. The van der Waals surface area contributed by atoms with Crippen LogP contribution in [0, 0.1) is 37.5 Å². The molecule has 1 aromatic carbocycles. The minimum atomic E-state index is -0.681. The van der Waals surface area contributed by atoms with Gasteiger partial charge in [-0.15, -0.1) is 0 Å². The van der Waals surface area contributed by atoms with Gasteiger partial charge in [-0.1, -0.05) is 30.4 Å². The summed E-state index contributed by atoms with van der Waals surface area (Å²) in [4.78, 5) is 39.6. The van der Waals surface area contributed by atoms with E-state index in [4.69, 9.17) is 0 Å². The highest BCUT2D eigenvalue weighted by Crippen LogP contribution is 2.49. The predicted octanol–water partition coefficient (Wildman–Crippen LogP) is 2.97. The highest BCUT2D eigenvalue weighted by Gasteiger charge is 2.57. The lowest BCUT2D eigenvalue weighted by atomic mass is 9.63. The van der Waals surface area contributed by atoms with E-state index in [9.17, 15) is 14.4 Å². The lowest BCUT2D eigenvalue weighted by Gasteiger charge is -2.38. The number of rotatable bonds is 3. The van der Waals surface area contributed by atoms with Gasteiger partial charge in [0.25, 0.3) is 0 Å². The summed E-state index contributed by atoms with van der Waals surface area (Å²) in [7, 11) is 0. The zero-order valence-electron chi connectivity index (χ0n) is 15.9. The number of benzene rings is 1. The number of allylic oxidation sites excluding steroid dienone is 2. The summed E-state index contributed by atoms with van der Waals surface area (Å²) in [5, 5.41) is 5.60. The lowest BCUT2D eigenvalue weighted by molar-refractivity contribution is -0.142. The largest absolute Gasteiger partial charge is 0.320 e. The number of amides is 4. The third-order valence-electron chi connectivity index (χ3n) is 6.24. The molecule has 0 unspecified atom stereocenters. The third kappa shape index (κ3) is 2.83. The molecule has 1 saturated carbocycles. The van der Waals surface area contributed by atoms with Crippen molar-refractivity contribution in [2.75, 3.05) is 5.32 Å². The van der Waals surface area contributed by atoms with Crippen LogP contribution in [0.1, 0.15) is 30.9 Å². The summed E-state index contributed by atoms with van der Waals surface area (Å²) >= 11 is 0. The fraction of sp³-hybridized carbons (Fsp3) is 0.476. The molecule has 6 nitrogen and oxygen atoms in total. The predicted molar refractivity (Wildman–Crippen MR) is 102 cm³/mol. The Morgan fingerprint density at radius 1 is 1.04 bits per heavy atom. The number of urea groups is 1. The van der Waals surface area contributed by atoms with Crippen molar-refractivity contribution in [3.05, 3.63) is 41.5 Å². The molecule has 1 saturated heterocycles. The summed E-state index contributed by atoms with van der Waals surface area (Å²) in [6.45, 7) is 5.53. The van der Waals surface area contributed by atoms with Crippen LogP contribution < -0.4 is 10.6 Å². The van der Waals surface area contributed by atoms with E-state index < -0.39 is 12.2 Å². The van der Waals surface area contributed by atoms with Gasteiger partial charge in [-0.25, -0.2) is 4.79 Å². The minimum Gasteiger partial charge on any atom is -0.317 e. The maximum atomic E-state index is 12.9. The van der Waals surface area contributed by atoms with Crippen molar-refractivity contribution < 1.29 is 14.4 Å². The van der Waals surface area contributed by atoms with Gasteiger partial charge in [-0.3, -0.25) is 14.5 Å². The molecule has 142 valence electrons. The van der Waals surface area contributed by atoms with Gasteiger partial charge in [-0.2, -0.15) is 0 Å². The van der Waals surface area contributed by atoms with Crippen molar-refractivity contribution >= 4 is 23.5 Å². The number of aryl methyl sites for hydroxylation is 2. The van der Waals surface area contributed by atoms with Crippen LogP contribution in [-0.2, 0) is 9.59 Å². The standard InChI is InChI=1S/C21H25N3O3/c1-11-5-4-6-12(2)18(11)23-21(27)22-13(3)24-19(25)16-14-7-8-15(10-9-14)17(16)20(24)26/h4-8,13-17H,9-10H2,1-3H3,(H2,22,23,27)/t13-,14-,15-,16-,17+/m0/s1. The van der Waals surface area contributed by atoms with Gasteiger partial charge in [0.2, 0.25) is 11.8 Å². The number of carbonyl (C=O) groups excluding carboxylic acids is 3. The molecule has 5 atom stereocenters. The molecule has 4 aliphatic rings. The summed E-state index contributed by atoms with van der Waals surface area (Å²) in [6.07, 6.45) is 5.43. The Morgan fingerprint density at radius 2 is 1.56 bits per heavy atom. The molecule has 2 fully saturated rings. The first-order valence-electron chi connectivity index (χ1n) is 9.57.